The largest absolute Gasteiger partial charge is 0.392 e. The van der Waals surface area contributed by atoms with Crippen LogP contribution in [0.5, 0.6) is 0 Å². The standard InChI is InChI=1S/C11H16N4O5S/c12-13-10-6-9(3-4-11(10)15(17)18)21(19,20)14-5-1-2-8(16)7-14/h3-4,6,8,13,16H,1-2,5,7,12H2. The van der Waals surface area contributed by atoms with Crippen molar-refractivity contribution in [1.29, 1.82) is 0 Å². The Kier molecular flexibility index (Phi) is 4.42. The highest BCUT2D eigenvalue weighted by molar-refractivity contribution is 7.89. The molecule has 116 valence electrons. The normalized spacial score (nSPS) is 20.2. The molecule has 10 heteroatoms. The summed E-state index contributed by atoms with van der Waals surface area (Å²) in [5.74, 6) is 5.20. The maximum Gasteiger partial charge on any atom is 0.293 e. The first-order valence-corrected chi connectivity index (χ1v) is 7.73. The van der Waals surface area contributed by atoms with Gasteiger partial charge in [-0.1, -0.05) is 0 Å². The molecule has 2 rings (SSSR count). The SMILES string of the molecule is NNc1cc(S(=O)(=O)N2CCCC(O)C2)ccc1[N+](=O)[O-]. The van der Waals surface area contributed by atoms with E-state index < -0.39 is 21.1 Å². The number of aliphatic hydroxyl groups is 1. The molecule has 1 aromatic rings. The summed E-state index contributed by atoms with van der Waals surface area (Å²) in [6.45, 7) is 0.326. The van der Waals surface area contributed by atoms with Crippen LogP contribution in [0, 0.1) is 10.1 Å². The predicted octanol–water partition coefficient (Wildman–Crippen LogP) is 0.0258. The lowest BCUT2D eigenvalue weighted by Gasteiger charge is -2.29. The monoisotopic (exact) mass is 316 g/mol. The predicted molar refractivity (Wildman–Crippen MR) is 74.9 cm³/mol. The number of anilines is 1. The van der Waals surface area contributed by atoms with Crippen molar-refractivity contribution in [3.05, 3.63) is 28.3 Å². The summed E-state index contributed by atoms with van der Waals surface area (Å²) >= 11 is 0. The number of nitro benzene ring substituents is 1. The summed E-state index contributed by atoms with van der Waals surface area (Å²) in [5, 5.41) is 20.4. The molecule has 1 aliphatic rings. The van der Waals surface area contributed by atoms with Crippen molar-refractivity contribution in [2.24, 2.45) is 5.84 Å². The smallest absolute Gasteiger partial charge is 0.293 e. The minimum Gasteiger partial charge on any atom is -0.392 e. The first-order valence-electron chi connectivity index (χ1n) is 6.29. The lowest BCUT2D eigenvalue weighted by Crippen LogP contribution is -2.42. The van der Waals surface area contributed by atoms with Gasteiger partial charge in [-0.2, -0.15) is 4.31 Å². The van der Waals surface area contributed by atoms with Gasteiger partial charge in [-0.25, -0.2) is 8.42 Å². The van der Waals surface area contributed by atoms with Crippen molar-refractivity contribution in [1.82, 2.24) is 4.31 Å². The highest BCUT2D eigenvalue weighted by atomic mass is 32.2. The minimum absolute atomic E-state index is 0.0186. The molecule has 1 aliphatic heterocycles. The minimum atomic E-state index is -3.81. The van der Waals surface area contributed by atoms with E-state index in [1.165, 1.54) is 4.31 Å². The van der Waals surface area contributed by atoms with E-state index in [-0.39, 0.29) is 22.8 Å². The van der Waals surface area contributed by atoms with Gasteiger partial charge in [0.15, 0.2) is 0 Å². The first-order chi connectivity index (χ1) is 9.86. The number of hydrazine groups is 1. The van der Waals surface area contributed by atoms with Gasteiger partial charge in [-0.05, 0) is 25.0 Å². The third kappa shape index (κ3) is 3.13. The van der Waals surface area contributed by atoms with Crippen LogP contribution in [0.25, 0.3) is 0 Å². The van der Waals surface area contributed by atoms with E-state index in [0.29, 0.717) is 19.4 Å². The molecule has 1 fully saturated rings. The molecule has 1 atom stereocenters. The number of nitrogens with one attached hydrogen (secondary N) is 1. The van der Waals surface area contributed by atoms with Gasteiger partial charge in [0.25, 0.3) is 5.69 Å². The van der Waals surface area contributed by atoms with Crippen LogP contribution in [-0.4, -0.2) is 41.9 Å². The van der Waals surface area contributed by atoms with Crippen LogP contribution in [0.15, 0.2) is 23.1 Å². The lowest BCUT2D eigenvalue weighted by atomic mass is 10.1. The Bertz CT molecular complexity index is 648. The van der Waals surface area contributed by atoms with E-state index in [1.54, 1.807) is 0 Å². The second-order valence-corrected chi connectivity index (χ2v) is 6.68. The fourth-order valence-electron chi connectivity index (χ4n) is 2.24. The zero-order valence-electron chi connectivity index (χ0n) is 11.1. The van der Waals surface area contributed by atoms with Gasteiger partial charge in [0.05, 0.1) is 15.9 Å². The highest BCUT2D eigenvalue weighted by Gasteiger charge is 2.30. The van der Waals surface area contributed by atoms with Crippen molar-refractivity contribution in [2.45, 2.75) is 23.8 Å². The fourth-order valence-corrected chi connectivity index (χ4v) is 3.78. The van der Waals surface area contributed by atoms with E-state index in [9.17, 15) is 23.6 Å². The third-order valence-electron chi connectivity index (χ3n) is 3.32. The molecule has 0 saturated carbocycles. The van der Waals surface area contributed by atoms with E-state index in [0.717, 1.165) is 18.2 Å². The quantitative estimate of drug-likeness (QED) is 0.404. The Morgan fingerprint density at radius 3 is 2.76 bits per heavy atom. The van der Waals surface area contributed by atoms with Crippen molar-refractivity contribution in [3.8, 4) is 0 Å². The molecule has 4 N–H and O–H groups in total. The van der Waals surface area contributed by atoms with E-state index in [4.69, 9.17) is 5.84 Å². The van der Waals surface area contributed by atoms with Gasteiger partial charge >= 0.3 is 0 Å². The summed E-state index contributed by atoms with van der Waals surface area (Å²) in [4.78, 5) is 10.0. The van der Waals surface area contributed by atoms with Crippen molar-refractivity contribution >= 4 is 21.4 Å². The van der Waals surface area contributed by atoms with E-state index in [2.05, 4.69) is 5.43 Å². The molecule has 0 aliphatic carbocycles. The molecule has 21 heavy (non-hydrogen) atoms. The van der Waals surface area contributed by atoms with Gasteiger partial charge in [0.1, 0.15) is 5.69 Å². The second-order valence-electron chi connectivity index (χ2n) is 4.74. The van der Waals surface area contributed by atoms with Crippen LogP contribution in [0.1, 0.15) is 12.8 Å². The van der Waals surface area contributed by atoms with Gasteiger partial charge in [0, 0.05) is 19.2 Å². The molecule has 0 amide bonds. The average molecular weight is 316 g/mol. The zero-order valence-corrected chi connectivity index (χ0v) is 11.9. The number of aliphatic hydroxyl groups excluding tert-OH is 1. The highest BCUT2D eigenvalue weighted by Crippen LogP contribution is 2.29. The summed E-state index contributed by atoms with van der Waals surface area (Å²) in [6, 6.07) is 3.37. The number of nitrogen functional groups attached to an aromatic ring is 1. The molecule has 1 saturated heterocycles. The number of nitro groups is 1. The summed E-state index contributed by atoms with van der Waals surface area (Å²) in [7, 11) is -3.81. The molecule has 0 bridgehead atoms. The van der Waals surface area contributed by atoms with Crippen molar-refractivity contribution < 1.29 is 18.4 Å². The van der Waals surface area contributed by atoms with Crippen LogP contribution >= 0.6 is 0 Å². The molecule has 0 aromatic heterocycles. The number of sulfonamides is 1. The number of benzene rings is 1. The zero-order chi connectivity index (χ0) is 15.6. The molecule has 1 aromatic carbocycles. The molecule has 0 spiro atoms. The first kappa shape index (κ1) is 15.6. The molecular weight excluding hydrogens is 300 g/mol. The van der Waals surface area contributed by atoms with Crippen LogP contribution in [0.3, 0.4) is 0 Å². The van der Waals surface area contributed by atoms with Crippen molar-refractivity contribution in [2.75, 3.05) is 18.5 Å². The molecule has 1 unspecified atom stereocenters. The molecule has 1 heterocycles. The summed E-state index contributed by atoms with van der Waals surface area (Å²) < 4.78 is 26.1. The maximum absolute atomic E-state index is 12.5. The van der Waals surface area contributed by atoms with Gasteiger partial charge in [-0.3, -0.25) is 16.0 Å². The topological polar surface area (TPSA) is 139 Å². The van der Waals surface area contributed by atoms with Gasteiger partial charge < -0.3 is 10.5 Å². The van der Waals surface area contributed by atoms with E-state index in [1.807, 2.05) is 0 Å². The van der Waals surface area contributed by atoms with E-state index >= 15 is 0 Å². The Balaban J connectivity index is 2.38. The second kappa shape index (κ2) is 5.93. The summed E-state index contributed by atoms with van der Waals surface area (Å²) in [6.07, 6.45) is 0.427. The van der Waals surface area contributed by atoms with Crippen LogP contribution in [-0.2, 0) is 10.0 Å². The molecule has 0 radical (unpaired) electrons. The number of nitrogens with zero attached hydrogens (tertiary/aromatic N) is 2. The van der Waals surface area contributed by atoms with Gasteiger partial charge in [0.2, 0.25) is 10.0 Å². The summed E-state index contributed by atoms with van der Waals surface area (Å²) in [5.41, 5.74) is 1.73. The fraction of sp³-hybridized carbons (Fsp3) is 0.455. The molecule has 9 nitrogen and oxygen atoms in total. The van der Waals surface area contributed by atoms with Crippen LogP contribution < -0.4 is 11.3 Å². The number of piperidine rings is 1. The Morgan fingerprint density at radius 1 is 1.48 bits per heavy atom. The average Bonchev–Trinajstić information content (AvgIpc) is 2.46. The Morgan fingerprint density at radius 2 is 2.19 bits per heavy atom. The number of rotatable bonds is 4. The Hall–Kier alpha value is -1.75. The van der Waals surface area contributed by atoms with Crippen molar-refractivity contribution in [3.63, 3.8) is 0 Å². The third-order valence-corrected chi connectivity index (χ3v) is 5.18. The van der Waals surface area contributed by atoms with Crippen LogP contribution in [0.4, 0.5) is 11.4 Å². The maximum atomic E-state index is 12.5. The lowest BCUT2D eigenvalue weighted by molar-refractivity contribution is -0.384. The number of β-amino-alcohol motifs (C(OH)–C–C–N with tert-alkyl or cyclic N) is 1. The number of hydrogen-bond donors (Lipinski definition) is 3. The van der Waals surface area contributed by atoms with Crippen LogP contribution in [0.2, 0.25) is 0 Å². The van der Waals surface area contributed by atoms with Gasteiger partial charge in [-0.15, -0.1) is 0 Å². The number of hydrogen-bond acceptors (Lipinski definition) is 7. The molecular formula is C11H16N4O5S. The number of nitrogens with two attached hydrogens (primary N) is 1. The Labute approximate surface area is 121 Å².